The molecule has 170 valence electrons. The highest BCUT2D eigenvalue weighted by atomic mass is 16.5. The minimum absolute atomic E-state index is 0.290. The van der Waals surface area contributed by atoms with Gasteiger partial charge in [0.05, 0.1) is 13.7 Å². The topological polar surface area (TPSA) is 60.2 Å². The van der Waals surface area contributed by atoms with E-state index in [1.54, 1.807) is 0 Å². The fraction of sp³-hybridized carbons (Fsp3) is 0.296. The number of fused-ring (bicyclic) bond motifs is 1. The number of methoxy groups -OCH3 is 1. The zero-order chi connectivity index (χ0) is 23.5. The number of anilines is 1. The molecule has 1 atom stereocenters. The number of aromatic nitrogens is 3. The molecule has 2 aromatic heterocycles. The Morgan fingerprint density at radius 1 is 1.06 bits per heavy atom. The molecule has 4 aromatic rings. The van der Waals surface area contributed by atoms with Crippen LogP contribution in [0.1, 0.15) is 41.2 Å². The maximum atomic E-state index is 12.6. The number of nitrogens with zero attached hydrogens (tertiary/aromatic N) is 4. The van der Waals surface area contributed by atoms with Gasteiger partial charge in [-0.15, -0.1) is 0 Å². The molecule has 0 radical (unpaired) electrons. The van der Waals surface area contributed by atoms with E-state index < -0.39 is 6.04 Å². The standard InChI is InChI=1S/C27H30N4O2/c1-6-23-29-24-18(2)16-19(3)28-26(24)31(23)17-20-12-14-22(15-13-20)30(4)25(27(32)33-5)21-10-8-7-9-11-21/h7-16,25H,6,17H2,1-5H3. The Balaban J connectivity index is 1.63. The summed E-state index contributed by atoms with van der Waals surface area (Å²) in [4.78, 5) is 24.1. The van der Waals surface area contributed by atoms with E-state index in [1.165, 1.54) is 7.11 Å². The van der Waals surface area contributed by atoms with Gasteiger partial charge < -0.3 is 14.2 Å². The molecule has 4 rings (SSSR count). The van der Waals surface area contributed by atoms with Crippen LogP contribution >= 0.6 is 0 Å². The molecule has 0 spiro atoms. The number of pyridine rings is 1. The predicted octanol–water partition coefficient (Wildman–Crippen LogP) is 5.01. The second kappa shape index (κ2) is 9.45. The summed E-state index contributed by atoms with van der Waals surface area (Å²) in [5.41, 5.74) is 7.03. The molecule has 1 unspecified atom stereocenters. The van der Waals surface area contributed by atoms with Crippen LogP contribution in [0.3, 0.4) is 0 Å². The van der Waals surface area contributed by atoms with E-state index in [4.69, 9.17) is 14.7 Å². The number of ether oxygens (including phenoxy) is 1. The van der Waals surface area contributed by atoms with Crippen molar-refractivity contribution >= 4 is 22.8 Å². The van der Waals surface area contributed by atoms with Crippen LogP contribution in [0.15, 0.2) is 60.7 Å². The van der Waals surface area contributed by atoms with Crippen molar-refractivity contribution in [1.29, 1.82) is 0 Å². The summed E-state index contributed by atoms with van der Waals surface area (Å²) in [6.07, 6.45) is 0.841. The number of carbonyl (C=O) groups excluding carboxylic acids is 1. The van der Waals surface area contributed by atoms with Crippen LogP contribution in [0.5, 0.6) is 0 Å². The van der Waals surface area contributed by atoms with Crippen molar-refractivity contribution in [3.05, 3.63) is 88.9 Å². The average Bonchev–Trinajstić information content (AvgIpc) is 3.17. The summed E-state index contributed by atoms with van der Waals surface area (Å²) in [5, 5.41) is 0. The minimum Gasteiger partial charge on any atom is -0.467 e. The number of esters is 1. The van der Waals surface area contributed by atoms with Gasteiger partial charge in [-0.25, -0.2) is 14.8 Å². The Labute approximate surface area is 194 Å². The fourth-order valence-corrected chi connectivity index (χ4v) is 4.32. The summed E-state index contributed by atoms with van der Waals surface area (Å²) >= 11 is 0. The third-order valence-electron chi connectivity index (χ3n) is 6.03. The van der Waals surface area contributed by atoms with Crippen LogP contribution in [0.2, 0.25) is 0 Å². The Kier molecular flexibility index (Phi) is 6.45. The van der Waals surface area contributed by atoms with E-state index in [2.05, 4.69) is 36.6 Å². The SMILES string of the molecule is CCc1nc2c(C)cc(C)nc2n1Cc1ccc(N(C)C(C(=O)OC)c2ccccc2)cc1. The van der Waals surface area contributed by atoms with Gasteiger partial charge >= 0.3 is 5.97 Å². The first-order valence-electron chi connectivity index (χ1n) is 11.2. The second-order valence-corrected chi connectivity index (χ2v) is 8.33. The lowest BCUT2D eigenvalue weighted by molar-refractivity contribution is -0.142. The zero-order valence-electron chi connectivity index (χ0n) is 19.9. The first-order chi connectivity index (χ1) is 15.9. The minimum atomic E-state index is -0.513. The molecule has 6 heteroatoms. The molecule has 0 aliphatic heterocycles. The van der Waals surface area contributed by atoms with E-state index in [0.717, 1.165) is 51.5 Å². The summed E-state index contributed by atoms with van der Waals surface area (Å²) in [5.74, 6) is 0.740. The largest absolute Gasteiger partial charge is 0.467 e. The maximum Gasteiger partial charge on any atom is 0.333 e. The molecule has 0 amide bonds. The van der Waals surface area contributed by atoms with Crippen molar-refractivity contribution in [2.24, 2.45) is 0 Å². The number of rotatable bonds is 7. The number of hydrogen-bond donors (Lipinski definition) is 0. The van der Waals surface area contributed by atoms with E-state index in [1.807, 2.05) is 61.3 Å². The molecule has 0 N–H and O–H groups in total. The van der Waals surface area contributed by atoms with Gasteiger partial charge in [-0.3, -0.25) is 0 Å². The second-order valence-electron chi connectivity index (χ2n) is 8.33. The molecule has 0 saturated carbocycles. The van der Waals surface area contributed by atoms with E-state index in [9.17, 15) is 4.79 Å². The highest BCUT2D eigenvalue weighted by Gasteiger charge is 2.26. The molecular formula is C27H30N4O2. The fourth-order valence-electron chi connectivity index (χ4n) is 4.32. The molecule has 0 aliphatic carbocycles. The third-order valence-corrected chi connectivity index (χ3v) is 6.03. The quantitative estimate of drug-likeness (QED) is 0.377. The Morgan fingerprint density at radius 2 is 1.76 bits per heavy atom. The maximum absolute atomic E-state index is 12.6. The number of carbonyl (C=O) groups is 1. The average molecular weight is 443 g/mol. The van der Waals surface area contributed by atoms with Crippen molar-refractivity contribution in [3.8, 4) is 0 Å². The number of aryl methyl sites for hydroxylation is 3. The van der Waals surface area contributed by atoms with Crippen molar-refractivity contribution in [3.63, 3.8) is 0 Å². The number of likely N-dealkylation sites (N-methyl/N-ethyl adjacent to an activating group) is 1. The first kappa shape index (κ1) is 22.5. The van der Waals surface area contributed by atoms with Gasteiger partial charge in [0.25, 0.3) is 0 Å². The van der Waals surface area contributed by atoms with Gasteiger partial charge in [0, 0.05) is 24.8 Å². The van der Waals surface area contributed by atoms with E-state index in [-0.39, 0.29) is 5.97 Å². The molecule has 33 heavy (non-hydrogen) atoms. The van der Waals surface area contributed by atoms with Crippen LogP contribution in [-0.4, -0.2) is 34.7 Å². The van der Waals surface area contributed by atoms with Crippen LogP contribution < -0.4 is 4.90 Å². The highest BCUT2D eigenvalue weighted by Crippen LogP contribution is 2.28. The predicted molar refractivity (Wildman–Crippen MR) is 132 cm³/mol. The molecule has 6 nitrogen and oxygen atoms in total. The highest BCUT2D eigenvalue weighted by molar-refractivity contribution is 5.81. The lowest BCUT2D eigenvalue weighted by atomic mass is 10.0. The molecule has 2 aromatic carbocycles. The summed E-state index contributed by atoms with van der Waals surface area (Å²) in [6.45, 7) is 6.92. The van der Waals surface area contributed by atoms with Crippen molar-refractivity contribution in [1.82, 2.24) is 14.5 Å². The smallest absolute Gasteiger partial charge is 0.333 e. The Hall–Kier alpha value is -3.67. The normalized spacial score (nSPS) is 12.0. The number of benzene rings is 2. The summed E-state index contributed by atoms with van der Waals surface area (Å²) < 4.78 is 7.29. The molecule has 0 aliphatic rings. The van der Waals surface area contributed by atoms with E-state index in [0.29, 0.717) is 6.54 Å². The van der Waals surface area contributed by atoms with Crippen LogP contribution in [-0.2, 0) is 22.5 Å². The van der Waals surface area contributed by atoms with Crippen LogP contribution in [0.25, 0.3) is 11.2 Å². The van der Waals surface area contributed by atoms with Crippen LogP contribution in [0.4, 0.5) is 5.69 Å². The first-order valence-corrected chi connectivity index (χ1v) is 11.2. The molecule has 2 heterocycles. The van der Waals surface area contributed by atoms with Gasteiger partial charge in [0.15, 0.2) is 11.7 Å². The molecule has 0 bridgehead atoms. The molecular weight excluding hydrogens is 412 g/mol. The van der Waals surface area contributed by atoms with Gasteiger partial charge in [-0.05, 0) is 48.7 Å². The number of hydrogen-bond acceptors (Lipinski definition) is 5. The lowest BCUT2D eigenvalue weighted by Gasteiger charge is -2.28. The van der Waals surface area contributed by atoms with Crippen molar-refractivity contribution < 1.29 is 9.53 Å². The third kappa shape index (κ3) is 4.46. The van der Waals surface area contributed by atoms with Gasteiger partial charge in [-0.1, -0.05) is 49.4 Å². The monoisotopic (exact) mass is 442 g/mol. The Bertz CT molecular complexity index is 1260. The summed E-state index contributed by atoms with van der Waals surface area (Å²) in [7, 11) is 3.34. The van der Waals surface area contributed by atoms with Gasteiger partial charge in [-0.2, -0.15) is 0 Å². The van der Waals surface area contributed by atoms with Gasteiger partial charge in [0.1, 0.15) is 11.3 Å². The lowest BCUT2D eigenvalue weighted by Crippen LogP contribution is -2.31. The number of imidazole rings is 1. The molecule has 0 fully saturated rings. The van der Waals surface area contributed by atoms with Crippen LogP contribution in [0, 0.1) is 13.8 Å². The van der Waals surface area contributed by atoms with Crippen molar-refractivity contribution in [2.45, 2.75) is 39.8 Å². The molecule has 0 saturated heterocycles. The van der Waals surface area contributed by atoms with E-state index >= 15 is 0 Å². The van der Waals surface area contributed by atoms with Crippen molar-refractivity contribution in [2.75, 3.05) is 19.1 Å². The Morgan fingerprint density at radius 3 is 2.39 bits per heavy atom. The van der Waals surface area contributed by atoms with Gasteiger partial charge in [0.2, 0.25) is 0 Å². The summed E-state index contributed by atoms with van der Waals surface area (Å²) in [6, 6.07) is 19.5. The zero-order valence-corrected chi connectivity index (χ0v) is 19.9.